The van der Waals surface area contributed by atoms with Gasteiger partial charge in [0, 0.05) is 12.1 Å². The summed E-state index contributed by atoms with van der Waals surface area (Å²) in [5, 5.41) is 14.1. The van der Waals surface area contributed by atoms with Crippen molar-refractivity contribution in [3.8, 4) is 11.3 Å². The predicted octanol–water partition coefficient (Wildman–Crippen LogP) is 5.12. The van der Waals surface area contributed by atoms with Crippen LogP contribution < -0.4 is 5.32 Å². The van der Waals surface area contributed by atoms with E-state index in [1.165, 1.54) is 0 Å². The van der Waals surface area contributed by atoms with E-state index in [1.54, 1.807) is 10.9 Å². The third-order valence-electron chi connectivity index (χ3n) is 5.09. The lowest BCUT2D eigenvalue weighted by Gasteiger charge is -2.17. The molecule has 0 unspecified atom stereocenters. The molecule has 0 spiro atoms. The lowest BCUT2D eigenvalue weighted by Crippen LogP contribution is -2.27. The number of nitrogens with zero attached hydrogens (tertiary/aromatic N) is 4. The van der Waals surface area contributed by atoms with Gasteiger partial charge >= 0.3 is 0 Å². The molecule has 0 saturated carbocycles. The SMILES string of the molecule is CCN(CC)CCCNCc1nn(Cc2ccc(Cl)c(Cl)c2)nc1-c1ccccc1. The van der Waals surface area contributed by atoms with Gasteiger partial charge in [-0.1, -0.05) is 73.4 Å². The molecule has 0 aliphatic heterocycles. The molecule has 0 radical (unpaired) electrons. The molecule has 2 aromatic carbocycles. The van der Waals surface area contributed by atoms with E-state index in [4.69, 9.17) is 33.4 Å². The summed E-state index contributed by atoms with van der Waals surface area (Å²) in [4.78, 5) is 4.17. The highest BCUT2D eigenvalue weighted by atomic mass is 35.5. The number of benzene rings is 2. The van der Waals surface area contributed by atoms with E-state index in [0.29, 0.717) is 23.1 Å². The molecule has 7 heteroatoms. The summed E-state index contributed by atoms with van der Waals surface area (Å²) < 4.78 is 0. The first-order valence-electron chi connectivity index (χ1n) is 10.5. The highest BCUT2D eigenvalue weighted by Crippen LogP contribution is 2.24. The van der Waals surface area contributed by atoms with Gasteiger partial charge in [-0.25, -0.2) is 0 Å². The van der Waals surface area contributed by atoms with Crippen LogP contribution in [0.4, 0.5) is 0 Å². The predicted molar refractivity (Wildman–Crippen MR) is 125 cm³/mol. The van der Waals surface area contributed by atoms with Gasteiger partial charge in [-0.15, -0.1) is 0 Å². The number of nitrogens with one attached hydrogen (secondary N) is 1. The monoisotopic (exact) mass is 445 g/mol. The number of halogens is 2. The second-order valence-electron chi connectivity index (χ2n) is 7.20. The summed E-state index contributed by atoms with van der Waals surface area (Å²) >= 11 is 12.2. The van der Waals surface area contributed by atoms with Crippen LogP contribution in [0.3, 0.4) is 0 Å². The van der Waals surface area contributed by atoms with Crippen LogP contribution in [0, 0.1) is 0 Å². The molecule has 0 fully saturated rings. The summed E-state index contributed by atoms with van der Waals surface area (Å²) in [6.45, 7) is 9.88. The fraction of sp³-hybridized carbons (Fsp3) is 0.391. The molecule has 0 bridgehead atoms. The highest BCUT2D eigenvalue weighted by molar-refractivity contribution is 6.42. The Morgan fingerprint density at radius 3 is 2.43 bits per heavy atom. The molecule has 0 aliphatic rings. The second-order valence-corrected chi connectivity index (χ2v) is 8.01. The zero-order chi connectivity index (χ0) is 21.3. The quantitative estimate of drug-likeness (QED) is 0.415. The summed E-state index contributed by atoms with van der Waals surface area (Å²) in [5.74, 6) is 0. The molecule has 0 amide bonds. The van der Waals surface area contributed by atoms with Crippen LogP contribution in [-0.2, 0) is 13.1 Å². The van der Waals surface area contributed by atoms with Crippen molar-refractivity contribution in [3.05, 3.63) is 69.8 Å². The smallest absolute Gasteiger partial charge is 0.117 e. The number of aromatic nitrogens is 3. The lowest BCUT2D eigenvalue weighted by molar-refractivity contribution is 0.298. The first-order chi connectivity index (χ1) is 14.6. The third-order valence-corrected chi connectivity index (χ3v) is 5.83. The van der Waals surface area contributed by atoms with E-state index in [0.717, 1.165) is 55.1 Å². The van der Waals surface area contributed by atoms with Crippen molar-refractivity contribution in [2.24, 2.45) is 0 Å². The van der Waals surface area contributed by atoms with Gasteiger partial charge in [0.05, 0.1) is 16.6 Å². The van der Waals surface area contributed by atoms with Crippen molar-refractivity contribution >= 4 is 23.2 Å². The molecule has 160 valence electrons. The van der Waals surface area contributed by atoms with Crippen LogP contribution in [0.25, 0.3) is 11.3 Å². The molecule has 3 aromatic rings. The van der Waals surface area contributed by atoms with E-state index in [-0.39, 0.29) is 0 Å². The molecule has 0 atom stereocenters. The Balaban J connectivity index is 1.70. The number of hydrogen-bond acceptors (Lipinski definition) is 4. The second kappa shape index (κ2) is 11.5. The minimum atomic E-state index is 0.540. The Morgan fingerprint density at radius 1 is 0.967 bits per heavy atom. The Hall–Kier alpha value is -1.92. The maximum Gasteiger partial charge on any atom is 0.117 e. The maximum atomic E-state index is 6.16. The van der Waals surface area contributed by atoms with Gasteiger partial charge in [0.15, 0.2) is 0 Å². The van der Waals surface area contributed by atoms with Crippen LogP contribution in [0.2, 0.25) is 10.0 Å². The fourth-order valence-electron chi connectivity index (χ4n) is 3.37. The van der Waals surface area contributed by atoms with E-state index in [9.17, 15) is 0 Å². The molecular weight excluding hydrogens is 417 g/mol. The summed E-state index contributed by atoms with van der Waals surface area (Å²) in [6.07, 6.45) is 1.11. The molecule has 30 heavy (non-hydrogen) atoms. The topological polar surface area (TPSA) is 46.0 Å². The van der Waals surface area contributed by atoms with Crippen molar-refractivity contribution in [1.29, 1.82) is 0 Å². The Morgan fingerprint density at radius 2 is 1.73 bits per heavy atom. The minimum Gasteiger partial charge on any atom is -0.311 e. The van der Waals surface area contributed by atoms with Crippen LogP contribution in [0.15, 0.2) is 48.5 Å². The molecule has 0 saturated heterocycles. The molecule has 1 heterocycles. The van der Waals surface area contributed by atoms with E-state index >= 15 is 0 Å². The average Bonchev–Trinajstić information content (AvgIpc) is 3.16. The molecule has 1 N–H and O–H groups in total. The highest BCUT2D eigenvalue weighted by Gasteiger charge is 2.13. The zero-order valence-corrected chi connectivity index (χ0v) is 19.1. The molecule has 0 aliphatic carbocycles. The molecule has 5 nitrogen and oxygen atoms in total. The average molecular weight is 446 g/mol. The first-order valence-corrected chi connectivity index (χ1v) is 11.2. The lowest BCUT2D eigenvalue weighted by atomic mass is 10.1. The van der Waals surface area contributed by atoms with E-state index in [2.05, 4.69) is 36.2 Å². The number of hydrogen-bond donors (Lipinski definition) is 1. The van der Waals surface area contributed by atoms with E-state index < -0.39 is 0 Å². The summed E-state index contributed by atoms with van der Waals surface area (Å²) in [5.41, 5.74) is 3.94. The Bertz CT molecular complexity index is 923. The standard InChI is InChI=1S/C23H29Cl2N5/c1-3-29(4-2)14-8-13-26-16-22-23(19-9-6-5-7-10-19)28-30(27-22)17-18-11-12-20(24)21(25)15-18/h5-7,9-12,15,26H,3-4,8,13-14,16-17H2,1-2H3. The normalized spacial score (nSPS) is 11.4. The van der Waals surface area contributed by atoms with Crippen molar-refractivity contribution in [3.63, 3.8) is 0 Å². The minimum absolute atomic E-state index is 0.540. The van der Waals surface area contributed by atoms with Gasteiger partial charge < -0.3 is 10.2 Å². The maximum absolute atomic E-state index is 6.16. The van der Waals surface area contributed by atoms with E-state index in [1.807, 2.05) is 30.3 Å². The molecular formula is C23H29Cl2N5. The first kappa shape index (κ1) is 22.8. The number of rotatable bonds is 11. The van der Waals surface area contributed by atoms with Crippen LogP contribution in [0.1, 0.15) is 31.5 Å². The van der Waals surface area contributed by atoms with Crippen LogP contribution in [0.5, 0.6) is 0 Å². The zero-order valence-electron chi connectivity index (χ0n) is 17.6. The third kappa shape index (κ3) is 6.29. The largest absolute Gasteiger partial charge is 0.311 e. The molecule has 1 aromatic heterocycles. The van der Waals surface area contributed by atoms with Crippen LogP contribution in [-0.4, -0.2) is 46.1 Å². The van der Waals surface area contributed by atoms with Crippen molar-refractivity contribution in [1.82, 2.24) is 25.2 Å². The van der Waals surface area contributed by atoms with Crippen LogP contribution >= 0.6 is 23.2 Å². The summed E-state index contributed by atoms with van der Waals surface area (Å²) in [6, 6.07) is 15.8. The van der Waals surface area contributed by atoms with Gasteiger partial charge in [0.1, 0.15) is 11.4 Å². The fourth-order valence-corrected chi connectivity index (χ4v) is 3.69. The Kier molecular flexibility index (Phi) is 8.70. The van der Waals surface area contributed by atoms with Gasteiger partial charge in [-0.05, 0) is 50.3 Å². The van der Waals surface area contributed by atoms with Crippen molar-refractivity contribution in [2.75, 3.05) is 26.2 Å². The van der Waals surface area contributed by atoms with Gasteiger partial charge in [0.25, 0.3) is 0 Å². The Labute approximate surface area is 189 Å². The van der Waals surface area contributed by atoms with Gasteiger partial charge in [0.2, 0.25) is 0 Å². The summed E-state index contributed by atoms with van der Waals surface area (Å²) in [7, 11) is 0. The van der Waals surface area contributed by atoms with Gasteiger partial charge in [-0.3, -0.25) is 0 Å². The van der Waals surface area contributed by atoms with Crippen molar-refractivity contribution in [2.45, 2.75) is 33.4 Å². The van der Waals surface area contributed by atoms with Gasteiger partial charge in [-0.2, -0.15) is 15.0 Å². The molecule has 3 rings (SSSR count). The van der Waals surface area contributed by atoms with Crippen molar-refractivity contribution < 1.29 is 0 Å².